The van der Waals surface area contributed by atoms with Crippen molar-refractivity contribution in [3.8, 4) is 5.75 Å². The number of amides is 1. The van der Waals surface area contributed by atoms with Gasteiger partial charge in [0.1, 0.15) is 5.75 Å². The van der Waals surface area contributed by atoms with Gasteiger partial charge in [0.25, 0.3) is 5.91 Å². The molecule has 5 heteroatoms. The second kappa shape index (κ2) is 9.53. The molecule has 154 valence electrons. The van der Waals surface area contributed by atoms with Gasteiger partial charge in [0.2, 0.25) is 0 Å². The summed E-state index contributed by atoms with van der Waals surface area (Å²) in [6.07, 6.45) is 8.97. The minimum Gasteiger partial charge on any atom is -0.484 e. The molecule has 2 aromatic carbocycles. The Labute approximate surface area is 178 Å². The number of nitrogens with zero attached hydrogens (tertiary/aromatic N) is 1. The Morgan fingerprint density at radius 3 is 2.41 bits per heavy atom. The van der Waals surface area contributed by atoms with E-state index in [-0.39, 0.29) is 12.5 Å². The number of carbonyl (C=O) groups excluding carboxylic acids is 1. The van der Waals surface area contributed by atoms with Crippen molar-refractivity contribution in [2.24, 2.45) is 0 Å². The van der Waals surface area contributed by atoms with Gasteiger partial charge in [-0.25, -0.2) is 0 Å². The predicted octanol–water partition coefficient (Wildman–Crippen LogP) is 6.01. The molecule has 4 rings (SSSR count). The van der Waals surface area contributed by atoms with Crippen molar-refractivity contribution < 1.29 is 9.53 Å². The summed E-state index contributed by atoms with van der Waals surface area (Å²) in [6.45, 7) is 2.06. The van der Waals surface area contributed by atoms with Gasteiger partial charge in [-0.2, -0.15) is 0 Å². The quantitative estimate of drug-likeness (QED) is 0.632. The standard InChI is InChI=1S/C24H29ClN2O2/c25-22-16-20(10-13-23(22)27-14-4-5-15-27)26-24(28)17-29-21-11-8-19(9-12-21)18-6-2-1-3-7-18/h8-13,16,18H,1-7,14-15,17H2,(H,26,28). The molecule has 0 unspecified atom stereocenters. The highest BCUT2D eigenvalue weighted by Gasteiger charge is 2.17. The molecule has 1 N–H and O–H groups in total. The Balaban J connectivity index is 1.28. The van der Waals surface area contributed by atoms with Gasteiger partial charge in [-0.1, -0.05) is 43.0 Å². The van der Waals surface area contributed by atoms with Crippen molar-refractivity contribution in [3.05, 3.63) is 53.1 Å². The zero-order valence-corrected chi connectivity index (χ0v) is 17.6. The third kappa shape index (κ3) is 5.24. The first-order valence-electron chi connectivity index (χ1n) is 10.8. The summed E-state index contributed by atoms with van der Waals surface area (Å²) in [5.74, 6) is 1.21. The summed E-state index contributed by atoms with van der Waals surface area (Å²) in [4.78, 5) is 14.5. The summed E-state index contributed by atoms with van der Waals surface area (Å²) >= 11 is 6.42. The number of hydrogen-bond acceptors (Lipinski definition) is 3. The Hall–Kier alpha value is -2.20. The number of hydrogen-bond donors (Lipinski definition) is 1. The number of rotatable bonds is 6. The third-order valence-corrected chi connectivity index (χ3v) is 6.31. The topological polar surface area (TPSA) is 41.6 Å². The summed E-state index contributed by atoms with van der Waals surface area (Å²) < 4.78 is 5.66. The van der Waals surface area contributed by atoms with E-state index in [1.807, 2.05) is 30.3 Å². The first-order chi connectivity index (χ1) is 14.2. The molecule has 29 heavy (non-hydrogen) atoms. The zero-order chi connectivity index (χ0) is 20.1. The minimum atomic E-state index is -0.189. The Kier molecular flexibility index (Phi) is 6.60. The third-order valence-electron chi connectivity index (χ3n) is 6.00. The van der Waals surface area contributed by atoms with E-state index >= 15 is 0 Å². The Bertz CT molecular complexity index is 825. The van der Waals surface area contributed by atoms with Crippen LogP contribution in [0.15, 0.2) is 42.5 Å². The summed E-state index contributed by atoms with van der Waals surface area (Å²) in [5.41, 5.74) is 3.12. The summed E-state index contributed by atoms with van der Waals surface area (Å²) in [5, 5.41) is 3.54. The maximum absolute atomic E-state index is 12.3. The zero-order valence-electron chi connectivity index (χ0n) is 16.8. The highest BCUT2D eigenvalue weighted by Crippen LogP contribution is 2.33. The molecule has 0 bridgehead atoms. The molecule has 1 saturated carbocycles. The second-order valence-electron chi connectivity index (χ2n) is 8.10. The molecule has 2 fully saturated rings. The largest absolute Gasteiger partial charge is 0.484 e. The molecule has 4 nitrogen and oxygen atoms in total. The Morgan fingerprint density at radius 2 is 1.72 bits per heavy atom. The van der Waals surface area contributed by atoms with Crippen LogP contribution < -0.4 is 15.0 Å². The molecule has 0 spiro atoms. The number of nitrogens with one attached hydrogen (secondary N) is 1. The molecule has 1 heterocycles. The summed E-state index contributed by atoms with van der Waals surface area (Å²) in [7, 11) is 0. The number of benzene rings is 2. The van der Waals surface area contributed by atoms with Crippen molar-refractivity contribution in [1.29, 1.82) is 0 Å². The van der Waals surface area contributed by atoms with Crippen LogP contribution in [0, 0.1) is 0 Å². The number of ether oxygens (including phenoxy) is 1. The fourth-order valence-corrected chi connectivity index (χ4v) is 4.72. The van der Waals surface area contributed by atoms with Gasteiger partial charge >= 0.3 is 0 Å². The van der Waals surface area contributed by atoms with E-state index in [2.05, 4.69) is 22.3 Å². The van der Waals surface area contributed by atoms with Crippen LogP contribution in [0.3, 0.4) is 0 Å². The van der Waals surface area contributed by atoms with Gasteiger partial charge in [-0.15, -0.1) is 0 Å². The van der Waals surface area contributed by atoms with Crippen molar-refractivity contribution >= 4 is 28.9 Å². The molecule has 1 amide bonds. The van der Waals surface area contributed by atoms with Crippen molar-refractivity contribution in [1.82, 2.24) is 0 Å². The number of halogens is 1. The minimum absolute atomic E-state index is 0.0196. The van der Waals surface area contributed by atoms with Gasteiger partial charge < -0.3 is 15.0 Å². The number of carbonyl (C=O) groups is 1. The molecule has 0 radical (unpaired) electrons. The lowest BCUT2D eigenvalue weighted by Crippen LogP contribution is -2.21. The van der Waals surface area contributed by atoms with E-state index in [0.29, 0.717) is 16.6 Å². The molecule has 1 aliphatic carbocycles. The van der Waals surface area contributed by atoms with E-state index in [1.165, 1.54) is 50.5 Å². The first-order valence-corrected chi connectivity index (χ1v) is 11.1. The predicted molar refractivity (Wildman–Crippen MR) is 119 cm³/mol. The van der Waals surface area contributed by atoms with Crippen LogP contribution >= 0.6 is 11.6 Å². The van der Waals surface area contributed by atoms with Crippen LogP contribution in [-0.4, -0.2) is 25.6 Å². The maximum atomic E-state index is 12.3. The summed E-state index contributed by atoms with van der Waals surface area (Å²) in [6, 6.07) is 13.9. The molecule has 0 atom stereocenters. The van der Waals surface area contributed by atoms with E-state index in [9.17, 15) is 4.79 Å². The first kappa shape index (κ1) is 20.1. The monoisotopic (exact) mass is 412 g/mol. The highest BCUT2D eigenvalue weighted by molar-refractivity contribution is 6.33. The Morgan fingerprint density at radius 1 is 1.00 bits per heavy atom. The normalized spacial score (nSPS) is 17.3. The van der Waals surface area contributed by atoms with Crippen molar-refractivity contribution in [2.75, 3.05) is 29.9 Å². The maximum Gasteiger partial charge on any atom is 0.262 e. The molecule has 1 saturated heterocycles. The molecular weight excluding hydrogens is 384 g/mol. The highest BCUT2D eigenvalue weighted by atomic mass is 35.5. The van der Waals surface area contributed by atoms with Crippen LogP contribution in [0.2, 0.25) is 5.02 Å². The van der Waals surface area contributed by atoms with Crippen molar-refractivity contribution in [3.63, 3.8) is 0 Å². The van der Waals surface area contributed by atoms with E-state index < -0.39 is 0 Å². The molecular formula is C24H29ClN2O2. The van der Waals surface area contributed by atoms with E-state index in [0.717, 1.165) is 24.5 Å². The molecule has 2 aliphatic rings. The lowest BCUT2D eigenvalue weighted by molar-refractivity contribution is -0.118. The average Bonchev–Trinajstić information content (AvgIpc) is 3.28. The van der Waals surface area contributed by atoms with Crippen molar-refractivity contribution in [2.45, 2.75) is 50.9 Å². The fraction of sp³-hybridized carbons (Fsp3) is 0.458. The lowest BCUT2D eigenvalue weighted by atomic mass is 9.84. The van der Waals surface area contributed by atoms with Crippen LogP contribution in [0.25, 0.3) is 0 Å². The second-order valence-corrected chi connectivity index (χ2v) is 8.51. The fourth-order valence-electron chi connectivity index (χ4n) is 4.42. The van der Waals surface area contributed by atoms with Gasteiger partial charge in [0.05, 0.1) is 10.7 Å². The average molecular weight is 413 g/mol. The van der Waals surface area contributed by atoms with Crippen LogP contribution in [0.4, 0.5) is 11.4 Å². The van der Waals surface area contributed by atoms with Gasteiger partial charge in [-0.3, -0.25) is 4.79 Å². The molecule has 0 aromatic heterocycles. The molecule has 1 aliphatic heterocycles. The van der Waals surface area contributed by atoms with Crippen LogP contribution in [0.5, 0.6) is 5.75 Å². The van der Waals surface area contributed by atoms with Crippen LogP contribution in [-0.2, 0) is 4.79 Å². The van der Waals surface area contributed by atoms with Crippen LogP contribution in [0.1, 0.15) is 56.4 Å². The van der Waals surface area contributed by atoms with Gasteiger partial charge in [-0.05, 0) is 67.5 Å². The van der Waals surface area contributed by atoms with E-state index in [1.54, 1.807) is 0 Å². The molecule has 2 aromatic rings. The van der Waals surface area contributed by atoms with Gasteiger partial charge in [0, 0.05) is 18.8 Å². The lowest BCUT2D eigenvalue weighted by Gasteiger charge is -2.22. The number of anilines is 2. The SMILES string of the molecule is O=C(COc1ccc(C2CCCCC2)cc1)Nc1ccc(N2CCCC2)c(Cl)c1. The van der Waals surface area contributed by atoms with E-state index in [4.69, 9.17) is 16.3 Å². The smallest absolute Gasteiger partial charge is 0.262 e. The van der Waals surface area contributed by atoms with Gasteiger partial charge in [0.15, 0.2) is 6.61 Å².